The van der Waals surface area contributed by atoms with Crippen molar-refractivity contribution in [2.24, 2.45) is 7.05 Å². The van der Waals surface area contributed by atoms with Gasteiger partial charge >= 0.3 is 0 Å². The van der Waals surface area contributed by atoms with Gasteiger partial charge in [-0.2, -0.15) is 0 Å². The van der Waals surface area contributed by atoms with E-state index in [2.05, 4.69) is 10.3 Å². The number of aromatic nitrogens is 2. The fraction of sp³-hybridized carbons (Fsp3) is 0.167. The van der Waals surface area contributed by atoms with Gasteiger partial charge in [-0.25, -0.2) is 9.37 Å². The Kier molecular flexibility index (Phi) is 4.83. The quantitative estimate of drug-likeness (QED) is 0.538. The maximum atomic E-state index is 13.7. The second-order valence-electron chi connectivity index (χ2n) is 5.67. The van der Waals surface area contributed by atoms with Gasteiger partial charge in [-0.1, -0.05) is 12.1 Å². The van der Waals surface area contributed by atoms with Crippen LogP contribution >= 0.6 is 0 Å². The molecule has 0 spiro atoms. The molecule has 0 saturated heterocycles. The number of nitrogens with zero attached hydrogens (tertiary/aromatic N) is 3. The first-order valence-corrected chi connectivity index (χ1v) is 7.81. The minimum absolute atomic E-state index is 0.0822. The fourth-order valence-corrected chi connectivity index (χ4v) is 2.69. The van der Waals surface area contributed by atoms with Crippen LogP contribution in [0.2, 0.25) is 0 Å². The number of nitro groups is 1. The van der Waals surface area contributed by atoms with E-state index in [0.29, 0.717) is 11.6 Å². The zero-order chi connectivity index (χ0) is 18.7. The van der Waals surface area contributed by atoms with Gasteiger partial charge in [0.2, 0.25) is 0 Å². The van der Waals surface area contributed by atoms with Crippen molar-refractivity contribution < 1.29 is 14.1 Å². The Bertz CT molecular complexity index is 924. The number of imidazole rings is 1. The summed E-state index contributed by atoms with van der Waals surface area (Å²) in [5.41, 5.74) is 0.677. The number of nitrogens with one attached hydrogen (secondary N) is 1. The van der Waals surface area contributed by atoms with E-state index in [1.165, 1.54) is 0 Å². The van der Waals surface area contributed by atoms with Crippen LogP contribution < -0.4 is 10.1 Å². The molecule has 0 aliphatic rings. The first-order valence-electron chi connectivity index (χ1n) is 7.81. The summed E-state index contributed by atoms with van der Waals surface area (Å²) in [6.07, 6.45) is 3.40. The zero-order valence-electron chi connectivity index (χ0n) is 14.2. The molecular formula is C18H17FN4O3. The SMILES string of the molecule is COc1ccc(C(Nc2cc(F)ccc2[N+](=O)[O-])c2nccn2C)cc1. The average molecular weight is 356 g/mol. The van der Waals surface area contributed by atoms with Gasteiger partial charge in [0, 0.05) is 31.6 Å². The summed E-state index contributed by atoms with van der Waals surface area (Å²) in [7, 11) is 3.39. The lowest BCUT2D eigenvalue weighted by Gasteiger charge is -2.20. The minimum atomic E-state index is -0.563. The van der Waals surface area contributed by atoms with E-state index in [4.69, 9.17) is 4.74 Å². The van der Waals surface area contributed by atoms with Gasteiger partial charge in [0.05, 0.1) is 12.0 Å². The number of ether oxygens (including phenoxy) is 1. The molecule has 0 aliphatic heterocycles. The number of benzene rings is 2. The molecule has 1 N–H and O–H groups in total. The van der Waals surface area contributed by atoms with Crippen molar-refractivity contribution in [1.29, 1.82) is 0 Å². The Morgan fingerprint density at radius 2 is 2.00 bits per heavy atom. The molecule has 3 aromatic rings. The lowest BCUT2D eigenvalue weighted by atomic mass is 10.0. The standard InChI is InChI=1S/C18H17FN4O3/c1-22-10-9-20-18(22)17(12-3-6-14(26-2)7-4-12)21-15-11-13(19)5-8-16(15)23(24)25/h3-11,17,21H,1-2H3. The first-order chi connectivity index (χ1) is 12.5. The molecule has 1 atom stereocenters. The number of methoxy groups -OCH3 is 1. The van der Waals surface area contributed by atoms with E-state index in [9.17, 15) is 14.5 Å². The molecule has 0 amide bonds. The Hall–Kier alpha value is -3.42. The number of anilines is 1. The Morgan fingerprint density at radius 1 is 1.27 bits per heavy atom. The van der Waals surface area contributed by atoms with Gasteiger partial charge in [-0.3, -0.25) is 10.1 Å². The highest BCUT2D eigenvalue weighted by Gasteiger charge is 2.23. The number of rotatable bonds is 6. The largest absolute Gasteiger partial charge is 0.497 e. The van der Waals surface area contributed by atoms with Crippen molar-refractivity contribution in [2.45, 2.75) is 6.04 Å². The van der Waals surface area contributed by atoms with Crippen LogP contribution in [0.4, 0.5) is 15.8 Å². The predicted octanol–water partition coefficient (Wildman–Crippen LogP) is 3.68. The lowest BCUT2D eigenvalue weighted by molar-refractivity contribution is -0.384. The van der Waals surface area contributed by atoms with E-state index < -0.39 is 16.8 Å². The van der Waals surface area contributed by atoms with Crippen LogP contribution in [0.3, 0.4) is 0 Å². The normalized spacial score (nSPS) is 11.8. The molecule has 26 heavy (non-hydrogen) atoms. The van der Waals surface area contributed by atoms with Crippen LogP contribution in [-0.2, 0) is 7.05 Å². The molecule has 134 valence electrons. The van der Waals surface area contributed by atoms with E-state index in [-0.39, 0.29) is 11.4 Å². The Labute approximate surface area is 149 Å². The summed E-state index contributed by atoms with van der Waals surface area (Å²) in [6.45, 7) is 0. The summed E-state index contributed by atoms with van der Waals surface area (Å²) >= 11 is 0. The monoisotopic (exact) mass is 356 g/mol. The Morgan fingerprint density at radius 3 is 2.58 bits per heavy atom. The highest BCUT2D eigenvalue weighted by Crippen LogP contribution is 2.32. The number of hydrogen-bond acceptors (Lipinski definition) is 5. The van der Waals surface area contributed by atoms with Gasteiger partial charge < -0.3 is 14.6 Å². The molecule has 2 aromatic carbocycles. The van der Waals surface area contributed by atoms with Crippen LogP contribution in [0, 0.1) is 15.9 Å². The van der Waals surface area contributed by atoms with Crippen LogP contribution in [0.5, 0.6) is 5.75 Å². The first kappa shape index (κ1) is 17.4. The molecule has 0 saturated carbocycles. The van der Waals surface area contributed by atoms with Gasteiger partial charge in [0.25, 0.3) is 5.69 Å². The van der Waals surface area contributed by atoms with Crippen molar-refractivity contribution in [3.05, 3.63) is 82.2 Å². The molecule has 1 unspecified atom stereocenters. The van der Waals surface area contributed by atoms with E-state index >= 15 is 0 Å². The predicted molar refractivity (Wildman–Crippen MR) is 94.7 cm³/mol. The average Bonchev–Trinajstić information content (AvgIpc) is 3.05. The van der Waals surface area contributed by atoms with E-state index in [1.54, 1.807) is 36.2 Å². The van der Waals surface area contributed by atoms with Gasteiger partial charge in [0.15, 0.2) is 0 Å². The molecule has 7 nitrogen and oxygen atoms in total. The highest BCUT2D eigenvalue weighted by atomic mass is 19.1. The molecule has 0 fully saturated rings. The van der Waals surface area contributed by atoms with Crippen LogP contribution in [0.25, 0.3) is 0 Å². The number of aryl methyl sites for hydroxylation is 1. The third-order valence-electron chi connectivity index (χ3n) is 4.02. The molecule has 3 rings (SSSR count). The summed E-state index contributed by atoms with van der Waals surface area (Å²) in [5.74, 6) is 0.754. The van der Waals surface area contributed by atoms with Crippen molar-refractivity contribution in [3.8, 4) is 5.75 Å². The highest BCUT2D eigenvalue weighted by molar-refractivity contribution is 5.63. The van der Waals surface area contributed by atoms with Crippen LogP contribution in [0.1, 0.15) is 17.4 Å². The summed E-state index contributed by atoms with van der Waals surface area (Å²) in [5, 5.41) is 14.4. The van der Waals surface area contributed by atoms with Crippen molar-refractivity contribution in [3.63, 3.8) is 0 Å². The van der Waals surface area contributed by atoms with Gasteiger partial charge in [-0.05, 0) is 23.8 Å². The van der Waals surface area contributed by atoms with Crippen LogP contribution in [0.15, 0.2) is 54.9 Å². The number of halogens is 1. The van der Waals surface area contributed by atoms with Crippen molar-refractivity contribution >= 4 is 11.4 Å². The van der Waals surface area contributed by atoms with Gasteiger partial charge in [0.1, 0.15) is 29.1 Å². The maximum absolute atomic E-state index is 13.7. The Balaban J connectivity index is 2.06. The molecule has 1 aromatic heterocycles. The van der Waals surface area contributed by atoms with Crippen molar-refractivity contribution in [2.75, 3.05) is 12.4 Å². The smallest absolute Gasteiger partial charge is 0.292 e. The minimum Gasteiger partial charge on any atom is -0.497 e. The van der Waals surface area contributed by atoms with Gasteiger partial charge in [-0.15, -0.1) is 0 Å². The molecule has 0 radical (unpaired) electrons. The third-order valence-corrected chi connectivity index (χ3v) is 4.02. The summed E-state index contributed by atoms with van der Waals surface area (Å²) in [6, 6.07) is 10.0. The third kappa shape index (κ3) is 3.49. The number of hydrogen-bond donors (Lipinski definition) is 1. The molecular weight excluding hydrogens is 339 g/mol. The molecule has 0 bridgehead atoms. The van der Waals surface area contributed by atoms with E-state index in [0.717, 1.165) is 23.8 Å². The fourth-order valence-electron chi connectivity index (χ4n) is 2.69. The molecule has 1 heterocycles. The molecule has 0 aliphatic carbocycles. The summed E-state index contributed by atoms with van der Waals surface area (Å²) < 4.78 is 20.7. The van der Waals surface area contributed by atoms with Crippen molar-refractivity contribution in [1.82, 2.24) is 9.55 Å². The zero-order valence-corrected chi connectivity index (χ0v) is 14.2. The van der Waals surface area contributed by atoms with Crippen LogP contribution in [-0.4, -0.2) is 21.6 Å². The summed E-state index contributed by atoms with van der Waals surface area (Å²) in [4.78, 5) is 15.1. The lowest BCUT2D eigenvalue weighted by Crippen LogP contribution is -2.17. The molecule has 8 heteroatoms. The topological polar surface area (TPSA) is 82.2 Å². The van der Waals surface area contributed by atoms with E-state index in [1.807, 2.05) is 19.2 Å². The second-order valence-corrected chi connectivity index (χ2v) is 5.67. The second kappa shape index (κ2) is 7.22. The number of nitro benzene ring substituents is 1. The maximum Gasteiger partial charge on any atom is 0.292 e.